The molecule has 26 heavy (non-hydrogen) atoms. The zero-order valence-electron chi connectivity index (χ0n) is 14.2. The summed E-state index contributed by atoms with van der Waals surface area (Å²) in [6, 6.07) is 12.6. The first-order chi connectivity index (χ1) is 12.4. The Kier molecular flexibility index (Phi) is 6.17. The van der Waals surface area contributed by atoms with Gasteiger partial charge in [-0.25, -0.2) is 4.79 Å². The van der Waals surface area contributed by atoms with Crippen molar-refractivity contribution in [2.45, 2.75) is 19.4 Å². The molecular formula is C19H19N3O4. The molecule has 1 unspecified atom stereocenters. The van der Waals surface area contributed by atoms with Gasteiger partial charge in [0.1, 0.15) is 5.75 Å². The van der Waals surface area contributed by atoms with E-state index in [9.17, 15) is 14.7 Å². The third kappa shape index (κ3) is 4.74. The third-order valence-corrected chi connectivity index (χ3v) is 3.74. The van der Waals surface area contributed by atoms with Crippen molar-refractivity contribution in [2.24, 2.45) is 5.73 Å². The van der Waals surface area contributed by atoms with E-state index in [-0.39, 0.29) is 6.61 Å². The van der Waals surface area contributed by atoms with Crippen molar-refractivity contribution in [1.29, 1.82) is 5.26 Å². The molecule has 2 rings (SSSR count). The highest BCUT2D eigenvalue weighted by atomic mass is 16.5. The third-order valence-electron chi connectivity index (χ3n) is 3.74. The maximum absolute atomic E-state index is 11.7. The number of carbonyl (C=O) groups is 2. The predicted octanol–water partition coefficient (Wildman–Crippen LogP) is 2.22. The molecule has 0 fully saturated rings. The van der Waals surface area contributed by atoms with Crippen LogP contribution in [0.5, 0.6) is 5.75 Å². The van der Waals surface area contributed by atoms with E-state index in [0.717, 1.165) is 5.56 Å². The Hall–Kier alpha value is -3.53. The number of nitriles is 1. The summed E-state index contributed by atoms with van der Waals surface area (Å²) in [5, 5.41) is 21.4. The highest BCUT2D eigenvalue weighted by molar-refractivity contribution is 5.79. The highest BCUT2D eigenvalue weighted by Gasteiger charge is 2.21. The van der Waals surface area contributed by atoms with Crippen molar-refractivity contribution in [2.75, 3.05) is 11.9 Å². The average molecular weight is 353 g/mol. The van der Waals surface area contributed by atoms with Crippen LogP contribution in [0.4, 0.5) is 5.69 Å². The van der Waals surface area contributed by atoms with Crippen LogP contribution in [0, 0.1) is 11.3 Å². The molecule has 2 aromatic carbocycles. The largest absolute Gasteiger partial charge is 0.484 e. The van der Waals surface area contributed by atoms with Gasteiger partial charge in [0.05, 0.1) is 11.6 Å². The fraction of sp³-hybridized carbons (Fsp3) is 0.211. The Bertz CT molecular complexity index is 841. The molecule has 0 saturated heterocycles. The zero-order chi connectivity index (χ0) is 19.1. The van der Waals surface area contributed by atoms with Crippen molar-refractivity contribution in [3.63, 3.8) is 0 Å². The molecule has 0 aromatic heterocycles. The first-order valence-corrected chi connectivity index (χ1v) is 7.98. The summed E-state index contributed by atoms with van der Waals surface area (Å²) >= 11 is 0. The predicted molar refractivity (Wildman–Crippen MR) is 95.7 cm³/mol. The maximum Gasteiger partial charge on any atom is 0.330 e. The second-order valence-corrected chi connectivity index (χ2v) is 5.58. The van der Waals surface area contributed by atoms with Gasteiger partial charge in [0.25, 0.3) is 5.91 Å². The van der Waals surface area contributed by atoms with E-state index in [1.165, 1.54) is 0 Å². The summed E-state index contributed by atoms with van der Waals surface area (Å²) in [7, 11) is 0. The van der Waals surface area contributed by atoms with E-state index in [2.05, 4.69) is 5.32 Å². The van der Waals surface area contributed by atoms with Crippen molar-refractivity contribution in [3.8, 4) is 11.8 Å². The summed E-state index contributed by atoms with van der Waals surface area (Å²) in [5.41, 5.74) is 7.48. The minimum absolute atomic E-state index is 0.238. The van der Waals surface area contributed by atoms with Crippen LogP contribution in [-0.4, -0.2) is 23.6 Å². The number of carboxylic acid groups (broad SMARTS) is 1. The van der Waals surface area contributed by atoms with E-state index in [4.69, 9.17) is 15.7 Å². The lowest BCUT2D eigenvalue weighted by atomic mass is 10.0. The number of hydrogen-bond acceptors (Lipinski definition) is 5. The number of carboxylic acids is 1. The van der Waals surface area contributed by atoms with E-state index >= 15 is 0 Å². The van der Waals surface area contributed by atoms with Gasteiger partial charge in [0.2, 0.25) is 0 Å². The number of nitrogens with two attached hydrogens (primary N) is 1. The Morgan fingerprint density at radius 1 is 1.27 bits per heavy atom. The number of rotatable bonds is 8. The second-order valence-electron chi connectivity index (χ2n) is 5.58. The normalized spacial score (nSPS) is 11.2. The molecule has 134 valence electrons. The summed E-state index contributed by atoms with van der Waals surface area (Å²) < 4.78 is 5.36. The van der Waals surface area contributed by atoms with E-state index in [1.807, 2.05) is 13.0 Å². The zero-order valence-corrected chi connectivity index (χ0v) is 14.2. The van der Waals surface area contributed by atoms with Gasteiger partial charge in [-0.15, -0.1) is 0 Å². The van der Waals surface area contributed by atoms with Gasteiger partial charge in [-0.1, -0.05) is 13.0 Å². The second kappa shape index (κ2) is 8.53. The van der Waals surface area contributed by atoms with Crippen LogP contribution in [-0.2, 0) is 16.0 Å². The Morgan fingerprint density at radius 3 is 2.50 bits per heavy atom. The molecule has 0 spiro atoms. The monoisotopic (exact) mass is 353 g/mol. The fourth-order valence-electron chi connectivity index (χ4n) is 2.44. The molecular weight excluding hydrogens is 334 g/mol. The molecule has 7 heteroatoms. The van der Waals surface area contributed by atoms with E-state index < -0.39 is 17.9 Å². The number of hydrogen-bond donors (Lipinski definition) is 3. The van der Waals surface area contributed by atoms with Crippen LogP contribution in [0.1, 0.15) is 29.7 Å². The molecule has 4 N–H and O–H groups in total. The number of aliphatic carboxylic acids is 1. The Labute approximate surface area is 151 Å². The lowest BCUT2D eigenvalue weighted by Crippen LogP contribution is -2.22. The van der Waals surface area contributed by atoms with Crippen LogP contribution in [0.25, 0.3) is 0 Å². The minimum Gasteiger partial charge on any atom is -0.484 e. The molecule has 0 aliphatic heterocycles. The van der Waals surface area contributed by atoms with E-state index in [0.29, 0.717) is 29.0 Å². The highest BCUT2D eigenvalue weighted by Crippen LogP contribution is 2.27. The van der Waals surface area contributed by atoms with Crippen LogP contribution >= 0.6 is 0 Å². The summed E-state index contributed by atoms with van der Waals surface area (Å²) in [6.07, 6.45) is 0.602. The van der Waals surface area contributed by atoms with Gasteiger partial charge >= 0.3 is 5.97 Å². The van der Waals surface area contributed by atoms with Crippen LogP contribution in [0.2, 0.25) is 0 Å². The number of nitrogens with one attached hydrogen (secondary N) is 1. The lowest BCUT2D eigenvalue weighted by molar-refractivity contribution is -0.138. The van der Waals surface area contributed by atoms with Crippen LogP contribution < -0.4 is 15.8 Å². The summed E-state index contributed by atoms with van der Waals surface area (Å²) in [6.45, 7) is 1.66. The number of primary amides is 1. The van der Waals surface area contributed by atoms with Crippen molar-refractivity contribution in [1.82, 2.24) is 0 Å². The molecule has 0 radical (unpaired) electrons. The minimum atomic E-state index is -1.04. The molecule has 0 saturated carbocycles. The standard InChI is InChI=1S/C19H19N3O4/c1-2-13-9-14(5-8-16(13)26-11-17(21)23)18(19(24)25)22-15-6-3-12(10-20)4-7-15/h3-9,18,22H,2,11H2,1H3,(H2,21,23)(H,24,25). The number of ether oxygens (including phenoxy) is 1. The summed E-state index contributed by atoms with van der Waals surface area (Å²) in [5.74, 6) is -1.12. The quantitative estimate of drug-likeness (QED) is 0.668. The van der Waals surface area contributed by atoms with Crippen molar-refractivity contribution < 1.29 is 19.4 Å². The van der Waals surface area contributed by atoms with Crippen molar-refractivity contribution >= 4 is 17.6 Å². The first-order valence-electron chi connectivity index (χ1n) is 7.98. The summed E-state index contributed by atoms with van der Waals surface area (Å²) in [4.78, 5) is 22.6. The molecule has 2 aromatic rings. The van der Waals surface area contributed by atoms with Crippen molar-refractivity contribution in [3.05, 3.63) is 59.2 Å². The first kappa shape index (κ1) is 18.8. The molecule has 1 amide bonds. The van der Waals surface area contributed by atoms with Gasteiger partial charge in [0.15, 0.2) is 12.6 Å². The lowest BCUT2D eigenvalue weighted by Gasteiger charge is -2.18. The Balaban J connectivity index is 2.27. The fourth-order valence-corrected chi connectivity index (χ4v) is 2.44. The van der Waals surface area contributed by atoms with Gasteiger partial charge in [-0.3, -0.25) is 4.79 Å². The molecule has 0 aliphatic carbocycles. The number of benzene rings is 2. The molecule has 1 atom stereocenters. The molecule has 7 nitrogen and oxygen atoms in total. The molecule has 0 aliphatic rings. The smallest absolute Gasteiger partial charge is 0.330 e. The number of nitrogens with zero attached hydrogens (tertiary/aromatic N) is 1. The van der Waals surface area contributed by atoms with Crippen LogP contribution in [0.3, 0.4) is 0 Å². The van der Waals surface area contributed by atoms with E-state index in [1.54, 1.807) is 42.5 Å². The van der Waals surface area contributed by atoms with Crippen LogP contribution in [0.15, 0.2) is 42.5 Å². The number of anilines is 1. The molecule has 0 bridgehead atoms. The maximum atomic E-state index is 11.7. The van der Waals surface area contributed by atoms with Gasteiger partial charge in [0, 0.05) is 5.69 Å². The van der Waals surface area contributed by atoms with Gasteiger partial charge < -0.3 is 20.9 Å². The molecule has 0 heterocycles. The average Bonchev–Trinajstić information content (AvgIpc) is 2.64. The topological polar surface area (TPSA) is 125 Å². The SMILES string of the molecule is CCc1cc(C(Nc2ccc(C#N)cc2)C(=O)O)ccc1OCC(N)=O. The Morgan fingerprint density at radius 2 is 1.96 bits per heavy atom. The van der Waals surface area contributed by atoms with Gasteiger partial charge in [-0.05, 0) is 53.9 Å². The number of carbonyl (C=O) groups excluding carboxylic acids is 1. The number of amides is 1. The number of aryl methyl sites for hydroxylation is 1. The van der Waals surface area contributed by atoms with Gasteiger partial charge in [-0.2, -0.15) is 5.26 Å².